The number of nitrogens with one attached hydrogen (secondary N) is 1. The SMILES string of the molecule is COCc1cccc(C(=O)Nc2ccc(Cl)cn2)c1. The number of carbonyl (C=O) groups is 1. The van der Waals surface area contributed by atoms with E-state index in [4.69, 9.17) is 16.3 Å². The second kappa shape index (κ2) is 6.31. The summed E-state index contributed by atoms with van der Waals surface area (Å²) in [6.45, 7) is 0.473. The zero-order valence-corrected chi connectivity index (χ0v) is 11.1. The molecule has 0 unspecified atom stereocenters. The largest absolute Gasteiger partial charge is 0.380 e. The molecule has 0 radical (unpaired) electrons. The molecule has 0 atom stereocenters. The molecule has 98 valence electrons. The van der Waals surface area contributed by atoms with Crippen molar-refractivity contribution in [2.45, 2.75) is 6.61 Å². The lowest BCUT2D eigenvalue weighted by Gasteiger charge is -2.06. The molecule has 2 rings (SSSR count). The number of hydrogen-bond acceptors (Lipinski definition) is 3. The summed E-state index contributed by atoms with van der Waals surface area (Å²) in [5.74, 6) is 0.249. The van der Waals surface area contributed by atoms with Crippen molar-refractivity contribution in [2.24, 2.45) is 0 Å². The van der Waals surface area contributed by atoms with Crippen molar-refractivity contribution in [3.63, 3.8) is 0 Å². The third-order valence-electron chi connectivity index (χ3n) is 2.47. The Hall–Kier alpha value is -1.91. The Kier molecular flexibility index (Phi) is 4.49. The summed E-state index contributed by atoms with van der Waals surface area (Å²) in [6, 6.07) is 10.6. The highest BCUT2D eigenvalue weighted by Gasteiger charge is 2.07. The molecule has 4 nitrogen and oxygen atoms in total. The molecule has 0 aliphatic carbocycles. The number of nitrogens with zero attached hydrogens (tertiary/aromatic N) is 1. The van der Waals surface area contributed by atoms with Crippen LogP contribution in [0, 0.1) is 0 Å². The van der Waals surface area contributed by atoms with Gasteiger partial charge in [0.15, 0.2) is 0 Å². The Balaban J connectivity index is 2.11. The molecule has 0 saturated heterocycles. The van der Waals surface area contributed by atoms with E-state index in [-0.39, 0.29) is 5.91 Å². The van der Waals surface area contributed by atoms with Crippen molar-refractivity contribution in [1.82, 2.24) is 4.98 Å². The van der Waals surface area contributed by atoms with Crippen LogP contribution in [0.1, 0.15) is 15.9 Å². The predicted octanol–water partition coefficient (Wildman–Crippen LogP) is 3.13. The van der Waals surface area contributed by atoms with E-state index in [2.05, 4.69) is 10.3 Å². The lowest BCUT2D eigenvalue weighted by Crippen LogP contribution is -2.13. The first-order chi connectivity index (χ1) is 9.19. The normalized spacial score (nSPS) is 10.2. The van der Waals surface area contributed by atoms with Crippen molar-refractivity contribution < 1.29 is 9.53 Å². The summed E-state index contributed by atoms with van der Waals surface area (Å²) in [4.78, 5) is 16.0. The molecule has 1 amide bonds. The number of benzene rings is 1. The summed E-state index contributed by atoms with van der Waals surface area (Å²) in [6.07, 6.45) is 1.48. The number of hydrogen-bond donors (Lipinski definition) is 1. The minimum absolute atomic E-state index is 0.215. The number of halogens is 1. The summed E-state index contributed by atoms with van der Waals surface area (Å²) >= 11 is 5.73. The van der Waals surface area contributed by atoms with Gasteiger partial charge in [-0.3, -0.25) is 4.79 Å². The van der Waals surface area contributed by atoms with Gasteiger partial charge in [0.25, 0.3) is 5.91 Å². The number of pyridine rings is 1. The van der Waals surface area contributed by atoms with Gasteiger partial charge in [0, 0.05) is 18.9 Å². The van der Waals surface area contributed by atoms with Crippen LogP contribution < -0.4 is 5.32 Å². The highest BCUT2D eigenvalue weighted by molar-refractivity contribution is 6.30. The number of methoxy groups -OCH3 is 1. The minimum Gasteiger partial charge on any atom is -0.380 e. The summed E-state index contributed by atoms with van der Waals surface area (Å²) in [5, 5.41) is 3.23. The van der Waals surface area contributed by atoms with Gasteiger partial charge in [-0.05, 0) is 29.8 Å². The molecule has 1 N–H and O–H groups in total. The van der Waals surface area contributed by atoms with Gasteiger partial charge in [-0.2, -0.15) is 0 Å². The van der Waals surface area contributed by atoms with Crippen molar-refractivity contribution in [1.29, 1.82) is 0 Å². The van der Waals surface area contributed by atoms with Crippen molar-refractivity contribution in [3.8, 4) is 0 Å². The maximum absolute atomic E-state index is 12.0. The van der Waals surface area contributed by atoms with E-state index in [1.165, 1.54) is 6.20 Å². The van der Waals surface area contributed by atoms with Gasteiger partial charge >= 0.3 is 0 Å². The first-order valence-electron chi connectivity index (χ1n) is 5.70. The molecule has 1 heterocycles. The molecule has 19 heavy (non-hydrogen) atoms. The van der Waals surface area contributed by atoms with E-state index in [1.54, 1.807) is 31.4 Å². The average Bonchev–Trinajstić information content (AvgIpc) is 2.42. The molecule has 0 bridgehead atoms. The smallest absolute Gasteiger partial charge is 0.256 e. The quantitative estimate of drug-likeness (QED) is 0.933. The Bertz CT molecular complexity index is 570. The van der Waals surface area contributed by atoms with Crippen molar-refractivity contribution in [2.75, 3.05) is 12.4 Å². The number of carbonyl (C=O) groups excluding carboxylic acids is 1. The fourth-order valence-electron chi connectivity index (χ4n) is 1.61. The fourth-order valence-corrected chi connectivity index (χ4v) is 1.72. The van der Waals surface area contributed by atoms with E-state index in [0.29, 0.717) is 23.0 Å². The topological polar surface area (TPSA) is 51.2 Å². The number of rotatable bonds is 4. The first-order valence-corrected chi connectivity index (χ1v) is 6.07. The zero-order chi connectivity index (χ0) is 13.7. The first kappa shape index (κ1) is 13.5. The highest BCUT2D eigenvalue weighted by atomic mass is 35.5. The maximum atomic E-state index is 12.0. The summed E-state index contributed by atoms with van der Waals surface area (Å²) in [7, 11) is 1.62. The lowest BCUT2D eigenvalue weighted by molar-refractivity contribution is 0.102. The van der Waals surface area contributed by atoms with Crippen LogP contribution in [0.2, 0.25) is 5.02 Å². The molecule has 5 heteroatoms. The molecule has 2 aromatic rings. The average molecular weight is 277 g/mol. The van der Waals surface area contributed by atoms with Gasteiger partial charge in [-0.15, -0.1) is 0 Å². The van der Waals surface area contributed by atoms with Gasteiger partial charge in [0.05, 0.1) is 11.6 Å². The second-order valence-electron chi connectivity index (χ2n) is 3.95. The van der Waals surface area contributed by atoms with Gasteiger partial charge in [-0.1, -0.05) is 23.7 Å². The highest BCUT2D eigenvalue weighted by Crippen LogP contribution is 2.12. The minimum atomic E-state index is -0.215. The van der Waals surface area contributed by atoms with Crippen LogP contribution in [0.5, 0.6) is 0 Å². The Morgan fingerprint density at radius 1 is 1.37 bits per heavy atom. The van der Waals surface area contributed by atoms with E-state index in [0.717, 1.165) is 5.56 Å². The zero-order valence-electron chi connectivity index (χ0n) is 10.4. The van der Waals surface area contributed by atoms with Gasteiger partial charge in [0.2, 0.25) is 0 Å². The van der Waals surface area contributed by atoms with E-state index in [1.807, 2.05) is 12.1 Å². The summed E-state index contributed by atoms with van der Waals surface area (Å²) < 4.78 is 5.04. The molecular formula is C14H13ClN2O2. The molecule has 0 saturated carbocycles. The van der Waals surface area contributed by atoms with Crippen LogP contribution in [-0.4, -0.2) is 18.0 Å². The maximum Gasteiger partial charge on any atom is 0.256 e. The van der Waals surface area contributed by atoms with Crippen LogP contribution >= 0.6 is 11.6 Å². The number of aromatic nitrogens is 1. The fraction of sp³-hybridized carbons (Fsp3) is 0.143. The predicted molar refractivity (Wildman–Crippen MR) is 74.4 cm³/mol. The standard InChI is InChI=1S/C14H13ClN2O2/c1-19-9-10-3-2-4-11(7-10)14(18)17-13-6-5-12(15)8-16-13/h2-8H,9H2,1H3,(H,16,17,18). The second-order valence-corrected chi connectivity index (χ2v) is 4.39. The molecule has 0 aliphatic rings. The van der Waals surface area contributed by atoms with E-state index in [9.17, 15) is 4.79 Å². The number of amides is 1. The Morgan fingerprint density at radius 3 is 2.89 bits per heavy atom. The lowest BCUT2D eigenvalue weighted by atomic mass is 10.1. The molecule has 0 fully saturated rings. The number of ether oxygens (including phenoxy) is 1. The van der Waals surface area contributed by atoms with Crippen LogP contribution in [0.25, 0.3) is 0 Å². The Labute approximate surface area is 116 Å². The van der Waals surface area contributed by atoms with Crippen molar-refractivity contribution >= 4 is 23.3 Å². The molecule has 1 aromatic heterocycles. The van der Waals surface area contributed by atoms with Crippen LogP contribution in [0.15, 0.2) is 42.6 Å². The molecule has 0 aliphatic heterocycles. The molecule has 1 aromatic carbocycles. The number of anilines is 1. The van der Waals surface area contributed by atoms with Crippen LogP contribution in [0.3, 0.4) is 0 Å². The van der Waals surface area contributed by atoms with Gasteiger partial charge in [-0.25, -0.2) is 4.98 Å². The molecular weight excluding hydrogens is 264 g/mol. The van der Waals surface area contributed by atoms with Crippen LogP contribution in [0.4, 0.5) is 5.82 Å². The molecule has 0 spiro atoms. The summed E-state index contributed by atoms with van der Waals surface area (Å²) in [5.41, 5.74) is 1.51. The Morgan fingerprint density at radius 2 is 2.21 bits per heavy atom. The third kappa shape index (κ3) is 3.77. The van der Waals surface area contributed by atoms with E-state index >= 15 is 0 Å². The van der Waals surface area contributed by atoms with Crippen molar-refractivity contribution in [3.05, 3.63) is 58.7 Å². The van der Waals surface area contributed by atoms with E-state index < -0.39 is 0 Å². The van der Waals surface area contributed by atoms with Crippen LogP contribution in [-0.2, 0) is 11.3 Å². The third-order valence-corrected chi connectivity index (χ3v) is 2.69. The monoisotopic (exact) mass is 276 g/mol. The van der Waals surface area contributed by atoms with Gasteiger partial charge < -0.3 is 10.1 Å². The van der Waals surface area contributed by atoms with Gasteiger partial charge in [0.1, 0.15) is 5.82 Å².